The highest BCUT2D eigenvalue weighted by molar-refractivity contribution is 5.15. The van der Waals surface area contributed by atoms with Crippen molar-refractivity contribution in [1.29, 1.82) is 0 Å². The summed E-state index contributed by atoms with van der Waals surface area (Å²) < 4.78 is 0. The molecule has 3 aliphatic rings. The Hall–Kier alpha value is -0.860. The molecule has 4 rings (SSSR count). The third-order valence-electron chi connectivity index (χ3n) is 4.64. The summed E-state index contributed by atoms with van der Waals surface area (Å²) in [5.74, 6) is 0. The van der Waals surface area contributed by atoms with Gasteiger partial charge >= 0.3 is 0 Å². The monoisotopic (exact) mass is 244 g/mol. The predicted octanol–water partition coefficient (Wildman–Crippen LogP) is 2.75. The van der Waals surface area contributed by atoms with E-state index in [-0.39, 0.29) is 0 Å². The molecule has 1 unspecified atom stereocenters. The van der Waals surface area contributed by atoms with Gasteiger partial charge in [-0.05, 0) is 37.9 Å². The quantitative estimate of drug-likeness (QED) is 0.806. The molecular formula is C16H24N2. The lowest BCUT2D eigenvalue weighted by molar-refractivity contribution is 0.131. The Morgan fingerprint density at radius 2 is 1.83 bits per heavy atom. The number of hydrogen-bond donors (Lipinski definition) is 0. The van der Waals surface area contributed by atoms with Crippen molar-refractivity contribution < 1.29 is 0 Å². The second-order valence-corrected chi connectivity index (χ2v) is 5.75. The zero-order chi connectivity index (χ0) is 12.4. The maximum atomic E-state index is 2.78. The van der Waals surface area contributed by atoms with Gasteiger partial charge in [-0.15, -0.1) is 0 Å². The average molecular weight is 244 g/mol. The van der Waals surface area contributed by atoms with Gasteiger partial charge in [0.2, 0.25) is 0 Å². The van der Waals surface area contributed by atoms with Crippen molar-refractivity contribution in [3.05, 3.63) is 35.9 Å². The Labute approximate surface area is 111 Å². The molecular weight excluding hydrogens is 220 g/mol. The maximum absolute atomic E-state index is 2.78. The lowest BCUT2D eigenvalue weighted by Crippen LogP contribution is -2.42. The SMILES string of the molecule is CCC1CN2CCC(CC2)N1Cc1ccccc1. The van der Waals surface area contributed by atoms with Gasteiger partial charge in [-0.3, -0.25) is 4.90 Å². The first-order chi connectivity index (χ1) is 8.86. The lowest BCUT2D eigenvalue weighted by Gasteiger charge is -2.35. The smallest absolute Gasteiger partial charge is 0.0240 e. The second kappa shape index (κ2) is 5.41. The highest BCUT2D eigenvalue weighted by Gasteiger charge is 2.34. The second-order valence-electron chi connectivity index (χ2n) is 5.75. The van der Waals surface area contributed by atoms with Gasteiger partial charge in [-0.1, -0.05) is 37.3 Å². The number of hydrogen-bond acceptors (Lipinski definition) is 2. The number of piperidine rings is 1. The highest BCUT2D eigenvalue weighted by atomic mass is 15.3. The number of nitrogens with zero attached hydrogens (tertiary/aromatic N) is 2. The topological polar surface area (TPSA) is 6.48 Å². The molecule has 0 amide bonds. The van der Waals surface area contributed by atoms with Gasteiger partial charge in [-0.2, -0.15) is 0 Å². The van der Waals surface area contributed by atoms with Gasteiger partial charge in [-0.25, -0.2) is 0 Å². The fourth-order valence-electron chi connectivity index (χ4n) is 3.55. The molecule has 0 aromatic heterocycles. The molecule has 0 spiro atoms. The molecule has 0 N–H and O–H groups in total. The van der Waals surface area contributed by atoms with Crippen LogP contribution in [0.15, 0.2) is 30.3 Å². The molecule has 1 aromatic rings. The number of fused-ring (bicyclic) bond motifs is 4. The Bertz CT molecular complexity index is 368. The van der Waals surface area contributed by atoms with Crippen molar-refractivity contribution in [3.8, 4) is 0 Å². The molecule has 2 heteroatoms. The van der Waals surface area contributed by atoms with Gasteiger partial charge in [0, 0.05) is 25.2 Å². The Kier molecular flexibility index (Phi) is 3.67. The minimum Gasteiger partial charge on any atom is -0.302 e. The summed E-state index contributed by atoms with van der Waals surface area (Å²) in [5.41, 5.74) is 1.47. The van der Waals surface area contributed by atoms with E-state index in [2.05, 4.69) is 47.1 Å². The maximum Gasteiger partial charge on any atom is 0.0240 e. The zero-order valence-corrected chi connectivity index (χ0v) is 11.4. The molecule has 3 fully saturated rings. The average Bonchev–Trinajstić information content (AvgIpc) is 2.70. The molecule has 2 bridgehead atoms. The molecule has 0 saturated carbocycles. The van der Waals surface area contributed by atoms with Crippen molar-refractivity contribution in [2.24, 2.45) is 0 Å². The zero-order valence-electron chi connectivity index (χ0n) is 11.4. The summed E-state index contributed by atoms with van der Waals surface area (Å²) in [4.78, 5) is 5.44. The summed E-state index contributed by atoms with van der Waals surface area (Å²) in [6.07, 6.45) is 4.01. The van der Waals surface area contributed by atoms with Crippen LogP contribution in [0, 0.1) is 0 Å². The Balaban J connectivity index is 1.78. The van der Waals surface area contributed by atoms with Crippen LogP contribution in [0.4, 0.5) is 0 Å². The molecule has 0 aliphatic carbocycles. The van der Waals surface area contributed by atoms with Crippen LogP contribution >= 0.6 is 0 Å². The van der Waals surface area contributed by atoms with Gasteiger partial charge in [0.15, 0.2) is 0 Å². The van der Waals surface area contributed by atoms with Crippen molar-refractivity contribution in [2.75, 3.05) is 19.6 Å². The van der Waals surface area contributed by atoms with Crippen LogP contribution in [-0.4, -0.2) is 41.5 Å². The van der Waals surface area contributed by atoms with Crippen LogP contribution in [-0.2, 0) is 6.54 Å². The van der Waals surface area contributed by atoms with Crippen LogP contribution < -0.4 is 0 Å². The van der Waals surface area contributed by atoms with E-state index >= 15 is 0 Å². The van der Waals surface area contributed by atoms with E-state index in [0.717, 1.165) is 18.6 Å². The van der Waals surface area contributed by atoms with Crippen LogP contribution in [0.5, 0.6) is 0 Å². The van der Waals surface area contributed by atoms with Crippen molar-refractivity contribution in [1.82, 2.24) is 9.80 Å². The fraction of sp³-hybridized carbons (Fsp3) is 0.625. The molecule has 18 heavy (non-hydrogen) atoms. The third kappa shape index (κ3) is 2.45. The third-order valence-corrected chi connectivity index (χ3v) is 4.64. The lowest BCUT2D eigenvalue weighted by atomic mass is 10.0. The van der Waals surface area contributed by atoms with E-state index < -0.39 is 0 Å². The van der Waals surface area contributed by atoms with E-state index in [1.54, 1.807) is 0 Å². The van der Waals surface area contributed by atoms with Gasteiger partial charge in [0.25, 0.3) is 0 Å². The standard InChI is InChI=1S/C16H24N2/c1-2-15-13-17-10-8-16(9-11-17)18(15)12-14-6-4-3-5-7-14/h3-7,15-16H,2,8-13H2,1H3. The fourth-order valence-corrected chi connectivity index (χ4v) is 3.55. The molecule has 3 aliphatic heterocycles. The van der Waals surface area contributed by atoms with Gasteiger partial charge in [0.05, 0.1) is 0 Å². The number of rotatable bonds is 3. The molecule has 98 valence electrons. The van der Waals surface area contributed by atoms with Gasteiger partial charge < -0.3 is 4.90 Å². The predicted molar refractivity (Wildman–Crippen MR) is 75.5 cm³/mol. The van der Waals surface area contributed by atoms with Crippen molar-refractivity contribution in [3.63, 3.8) is 0 Å². The van der Waals surface area contributed by atoms with Crippen molar-refractivity contribution in [2.45, 2.75) is 44.8 Å². The Morgan fingerprint density at radius 1 is 1.11 bits per heavy atom. The molecule has 3 saturated heterocycles. The summed E-state index contributed by atoms with van der Waals surface area (Å²) in [7, 11) is 0. The van der Waals surface area contributed by atoms with E-state index in [1.165, 1.54) is 44.5 Å². The summed E-state index contributed by atoms with van der Waals surface area (Å²) >= 11 is 0. The molecule has 1 atom stereocenters. The van der Waals surface area contributed by atoms with Crippen LogP contribution in [0.2, 0.25) is 0 Å². The van der Waals surface area contributed by atoms with E-state index in [4.69, 9.17) is 0 Å². The first-order valence-corrected chi connectivity index (χ1v) is 7.39. The molecule has 2 nitrogen and oxygen atoms in total. The normalized spacial score (nSPS) is 32.4. The van der Waals surface area contributed by atoms with Crippen molar-refractivity contribution >= 4 is 0 Å². The molecule has 3 heterocycles. The van der Waals surface area contributed by atoms with E-state index in [1.807, 2.05) is 0 Å². The summed E-state index contributed by atoms with van der Waals surface area (Å²) in [5, 5.41) is 0. The summed E-state index contributed by atoms with van der Waals surface area (Å²) in [6, 6.07) is 12.5. The molecule has 1 aromatic carbocycles. The minimum atomic E-state index is 0.750. The first kappa shape index (κ1) is 12.2. The van der Waals surface area contributed by atoms with Gasteiger partial charge in [0.1, 0.15) is 0 Å². The Morgan fingerprint density at radius 3 is 2.50 bits per heavy atom. The summed E-state index contributed by atoms with van der Waals surface area (Å²) in [6.45, 7) is 7.38. The highest BCUT2D eigenvalue weighted by Crippen LogP contribution is 2.27. The largest absolute Gasteiger partial charge is 0.302 e. The number of benzene rings is 1. The first-order valence-electron chi connectivity index (χ1n) is 7.39. The van der Waals surface area contributed by atoms with E-state index in [9.17, 15) is 0 Å². The van der Waals surface area contributed by atoms with Crippen LogP contribution in [0.3, 0.4) is 0 Å². The molecule has 0 radical (unpaired) electrons. The van der Waals surface area contributed by atoms with Crippen LogP contribution in [0.1, 0.15) is 31.7 Å². The van der Waals surface area contributed by atoms with E-state index in [0.29, 0.717) is 0 Å². The van der Waals surface area contributed by atoms with Crippen LogP contribution in [0.25, 0.3) is 0 Å². The minimum absolute atomic E-state index is 0.750.